The fourth-order valence-electron chi connectivity index (χ4n) is 2.17. The van der Waals surface area contributed by atoms with E-state index in [2.05, 4.69) is 5.32 Å². The van der Waals surface area contributed by atoms with Crippen molar-refractivity contribution in [1.29, 1.82) is 5.26 Å². The number of carbonyl (C=O) groups excluding carboxylic acids is 2. The minimum Gasteiger partial charge on any atom is -0.335 e. The van der Waals surface area contributed by atoms with Crippen LogP contribution in [0.2, 0.25) is 0 Å². The maximum absolute atomic E-state index is 11.8. The van der Waals surface area contributed by atoms with Gasteiger partial charge in [0, 0.05) is 13.1 Å². The zero-order valence-electron chi connectivity index (χ0n) is 10.2. The van der Waals surface area contributed by atoms with Gasteiger partial charge in [-0.05, 0) is 12.8 Å². The molecule has 0 atom stereocenters. The zero-order chi connectivity index (χ0) is 12.7. The molecule has 0 aromatic heterocycles. The Bertz CT molecular complexity index is 314. The maximum Gasteiger partial charge on any atom is 0.311 e. The summed E-state index contributed by atoms with van der Waals surface area (Å²) in [6.45, 7) is -0.122. The van der Waals surface area contributed by atoms with E-state index < -0.39 is 11.8 Å². The van der Waals surface area contributed by atoms with Gasteiger partial charge in [0.1, 0.15) is 6.54 Å². The topological polar surface area (TPSA) is 73.2 Å². The molecule has 5 nitrogen and oxygen atoms in total. The van der Waals surface area contributed by atoms with Crippen LogP contribution in [0.15, 0.2) is 0 Å². The van der Waals surface area contributed by atoms with Gasteiger partial charge in [-0.1, -0.05) is 25.7 Å². The summed E-state index contributed by atoms with van der Waals surface area (Å²) in [6, 6.07) is 1.94. The Morgan fingerprint density at radius 2 is 1.88 bits per heavy atom. The van der Waals surface area contributed by atoms with Gasteiger partial charge in [0.15, 0.2) is 0 Å². The van der Waals surface area contributed by atoms with Crippen LogP contribution >= 0.6 is 0 Å². The third-order valence-corrected chi connectivity index (χ3v) is 3.22. The van der Waals surface area contributed by atoms with E-state index in [9.17, 15) is 9.59 Å². The molecule has 1 aliphatic carbocycles. The highest BCUT2D eigenvalue weighted by Crippen LogP contribution is 2.20. The van der Waals surface area contributed by atoms with Crippen LogP contribution in [-0.4, -0.2) is 36.3 Å². The molecule has 1 saturated carbocycles. The first-order chi connectivity index (χ1) is 8.16. The molecule has 5 heteroatoms. The fraction of sp³-hybridized carbons (Fsp3) is 0.750. The summed E-state index contributed by atoms with van der Waals surface area (Å²) in [7, 11) is 1.67. The lowest BCUT2D eigenvalue weighted by molar-refractivity contribution is -0.146. The van der Waals surface area contributed by atoms with E-state index in [0.29, 0.717) is 0 Å². The van der Waals surface area contributed by atoms with Crippen LogP contribution in [-0.2, 0) is 9.59 Å². The predicted octanol–water partition coefficient (Wildman–Crippen LogP) is 0.807. The third-order valence-electron chi connectivity index (χ3n) is 3.22. The van der Waals surface area contributed by atoms with Crippen LogP contribution < -0.4 is 5.32 Å². The van der Waals surface area contributed by atoms with Crippen molar-refractivity contribution >= 4 is 11.8 Å². The molecule has 0 heterocycles. The molecule has 0 aliphatic heterocycles. The SMILES string of the molecule is CN(C(=O)C(=O)NCC#N)C1CCCCCC1. The van der Waals surface area contributed by atoms with Gasteiger partial charge in [0.05, 0.1) is 6.07 Å². The van der Waals surface area contributed by atoms with Gasteiger partial charge in [0.2, 0.25) is 0 Å². The first kappa shape index (κ1) is 13.5. The van der Waals surface area contributed by atoms with E-state index >= 15 is 0 Å². The Hall–Kier alpha value is -1.57. The van der Waals surface area contributed by atoms with Crippen molar-refractivity contribution in [1.82, 2.24) is 10.2 Å². The average Bonchev–Trinajstić information content (AvgIpc) is 2.62. The van der Waals surface area contributed by atoms with E-state index in [0.717, 1.165) is 25.7 Å². The molecule has 0 aromatic rings. The normalized spacial score (nSPS) is 16.7. The maximum atomic E-state index is 11.8. The third kappa shape index (κ3) is 4.06. The number of hydrogen-bond acceptors (Lipinski definition) is 3. The summed E-state index contributed by atoms with van der Waals surface area (Å²) >= 11 is 0. The monoisotopic (exact) mass is 237 g/mol. The number of hydrogen-bond donors (Lipinski definition) is 1. The second-order valence-corrected chi connectivity index (χ2v) is 4.40. The van der Waals surface area contributed by atoms with Crippen molar-refractivity contribution in [2.24, 2.45) is 0 Å². The molecular weight excluding hydrogens is 218 g/mol. The van der Waals surface area contributed by atoms with Gasteiger partial charge in [-0.25, -0.2) is 0 Å². The lowest BCUT2D eigenvalue weighted by Crippen LogP contribution is -2.45. The molecule has 0 saturated heterocycles. The van der Waals surface area contributed by atoms with Gasteiger partial charge in [-0.3, -0.25) is 9.59 Å². The lowest BCUT2D eigenvalue weighted by atomic mass is 10.1. The molecule has 1 fully saturated rings. The highest BCUT2D eigenvalue weighted by Gasteiger charge is 2.25. The summed E-state index contributed by atoms with van der Waals surface area (Å²) in [5.41, 5.74) is 0. The molecule has 0 spiro atoms. The number of nitrogens with zero attached hydrogens (tertiary/aromatic N) is 2. The van der Waals surface area contributed by atoms with Crippen molar-refractivity contribution < 1.29 is 9.59 Å². The number of likely N-dealkylation sites (N-methyl/N-ethyl adjacent to an activating group) is 1. The number of nitrogens with one attached hydrogen (secondary N) is 1. The molecule has 1 rings (SSSR count). The zero-order valence-corrected chi connectivity index (χ0v) is 10.2. The first-order valence-electron chi connectivity index (χ1n) is 6.08. The molecule has 94 valence electrons. The summed E-state index contributed by atoms with van der Waals surface area (Å²) in [5.74, 6) is -1.22. The van der Waals surface area contributed by atoms with E-state index in [4.69, 9.17) is 5.26 Å². The van der Waals surface area contributed by atoms with Gasteiger partial charge in [-0.2, -0.15) is 5.26 Å². The van der Waals surface area contributed by atoms with Crippen molar-refractivity contribution in [2.75, 3.05) is 13.6 Å². The van der Waals surface area contributed by atoms with E-state index in [1.165, 1.54) is 17.7 Å². The molecule has 1 N–H and O–H groups in total. The summed E-state index contributed by atoms with van der Waals surface area (Å²) in [4.78, 5) is 24.7. The molecule has 0 aromatic carbocycles. The Kier molecular flexibility index (Phi) is 5.47. The minimum absolute atomic E-state index is 0.122. The Balaban J connectivity index is 2.49. The molecule has 1 aliphatic rings. The second kappa shape index (κ2) is 6.89. The van der Waals surface area contributed by atoms with Gasteiger partial charge in [-0.15, -0.1) is 0 Å². The first-order valence-corrected chi connectivity index (χ1v) is 6.08. The van der Waals surface area contributed by atoms with Crippen molar-refractivity contribution in [3.8, 4) is 6.07 Å². The molecule has 17 heavy (non-hydrogen) atoms. The number of carbonyl (C=O) groups is 2. The molecular formula is C12H19N3O2. The Labute approximate surface area is 102 Å². The molecule has 0 unspecified atom stereocenters. The van der Waals surface area contributed by atoms with E-state index in [1.54, 1.807) is 13.1 Å². The van der Waals surface area contributed by atoms with E-state index in [1.807, 2.05) is 0 Å². The quantitative estimate of drug-likeness (QED) is 0.439. The summed E-state index contributed by atoms with van der Waals surface area (Å²) in [5, 5.41) is 10.6. The number of nitriles is 1. The van der Waals surface area contributed by atoms with Crippen LogP contribution in [0.3, 0.4) is 0 Å². The van der Waals surface area contributed by atoms with Gasteiger partial charge < -0.3 is 10.2 Å². The number of amides is 2. The van der Waals surface area contributed by atoms with E-state index in [-0.39, 0.29) is 12.6 Å². The molecule has 2 amide bonds. The van der Waals surface area contributed by atoms with Gasteiger partial charge in [0.25, 0.3) is 0 Å². The van der Waals surface area contributed by atoms with Crippen molar-refractivity contribution in [3.63, 3.8) is 0 Å². The molecule has 0 radical (unpaired) electrons. The van der Waals surface area contributed by atoms with Crippen LogP contribution in [0.4, 0.5) is 0 Å². The van der Waals surface area contributed by atoms with Crippen LogP contribution in [0, 0.1) is 11.3 Å². The fourth-order valence-corrected chi connectivity index (χ4v) is 2.17. The predicted molar refractivity (Wildman–Crippen MR) is 62.9 cm³/mol. The van der Waals surface area contributed by atoms with Crippen molar-refractivity contribution in [2.45, 2.75) is 44.6 Å². The average molecular weight is 237 g/mol. The van der Waals surface area contributed by atoms with Gasteiger partial charge >= 0.3 is 11.8 Å². The molecule has 0 bridgehead atoms. The second-order valence-electron chi connectivity index (χ2n) is 4.40. The van der Waals surface area contributed by atoms with Crippen LogP contribution in [0.25, 0.3) is 0 Å². The Morgan fingerprint density at radius 1 is 1.29 bits per heavy atom. The highest BCUT2D eigenvalue weighted by molar-refractivity contribution is 6.35. The number of rotatable bonds is 2. The van der Waals surface area contributed by atoms with Crippen LogP contribution in [0.5, 0.6) is 0 Å². The van der Waals surface area contributed by atoms with Crippen LogP contribution in [0.1, 0.15) is 38.5 Å². The lowest BCUT2D eigenvalue weighted by Gasteiger charge is -2.26. The minimum atomic E-state index is -0.682. The summed E-state index contributed by atoms with van der Waals surface area (Å²) in [6.07, 6.45) is 6.57. The largest absolute Gasteiger partial charge is 0.335 e. The highest BCUT2D eigenvalue weighted by atomic mass is 16.2. The standard InChI is InChI=1S/C12H19N3O2/c1-15(10-6-4-2-3-5-7-10)12(17)11(16)14-9-8-13/h10H,2-7,9H2,1H3,(H,14,16). The smallest absolute Gasteiger partial charge is 0.311 e. The Morgan fingerprint density at radius 3 is 2.41 bits per heavy atom. The summed E-state index contributed by atoms with van der Waals surface area (Å²) < 4.78 is 0. The van der Waals surface area contributed by atoms with Crippen molar-refractivity contribution in [3.05, 3.63) is 0 Å².